The van der Waals surface area contributed by atoms with Crippen molar-refractivity contribution < 1.29 is 9.53 Å². The molecule has 0 saturated heterocycles. The highest BCUT2D eigenvalue weighted by molar-refractivity contribution is 14.1. The Kier molecular flexibility index (Phi) is 4.48. The first-order valence-electron chi connectivity index (χ1n) is 8.04. The minimum absolute atomic E-state index is 0.112. The van der Waals surface area contributed by atoms with Crippen LogP contribution in [0.4, 0.5) is 0 Å². The number of hydrogen-bond acceptors (Lipinski definition) is 2. The van der Waals surface area contributed by atoms with Crippen molar-refractivity contribution in [2.45, 2.75) is 10.8 Å². The molecule has 4 rings (SSSR count). The maximum atomic E-state index is 11.8. The zero-order valence-corrected chi connectivity index (χ0v) is 16.6. The van der Waals surface area contributed by atoms with E-state index in [1.54, 1.807) is 0 Å². The number of ether oxygens (including phenoxy) is 1. The third-order valence-electron chi connectivity index (χ3n) is 4.11. The fraction of sp³-hybridized carbons (Fsp3) is 0.0952. The molecule has 2 nitrogen and oxygen atoms in total. The molecule has 0 amide bonds. The number of halogens is 1. The molecule has 1 aromatic heterocycles. The molecule has 0 fully saturated rings. The van der Waals surface area contributed by atoms with Crippen molar-refractivity contribution in [2.75, 3.05) is 0 Å². The molecule has 1 atom stereocenters. The molecule has 0 saturated carbocycles. The number of esters is 1. The van der Waals surface area contributed by atoms with Gasteiger partial charge in [0.25, 0.3) is 0 Å². The Morgan fingerprint density at radius 1 is 0.880 bits per heavy atom. The quantitative estimate of drug-likeness (QED) is 0.116. The summed E-state index contributed by atoms with van der Waals surface area (Å²) in [6.07, 6.45) is 0. The van der Waals surface area contributed by atoms with Gasteiger partial charge in [0, 0.05) is 33.4 Å². The zero-order valence-electron chi connectivity index (χ0n) is 13.6. The van der Waals surface area contributed by atoms with Gasteiger partial charge in [-0.2, -0.15) is 0 Å². The summed E-state index contributed by atoms with van der Waals surface area (Å²) in [6, 6.07) is 25.1. The molecule has 4 heteroatoms. The van der Waals surface area contributed by atoms with Crippen LogP contribution in [0.3, 0.4) is 0 Å². The maximum absolute atomic E-state index is 11.8. The van der Waals surface area contributed by atoms with Crippen molar-refractivity contribution >= 4 is 59.2 Å². The number of benzene rings is 3. The number of hydrogen-bond donors (Lipinski definition) is 0. The predicted octanol–water partition coefficient (Wildman–Crippen LogP) is 6.46. The average Bonchev–Trinajstić information content (AvgIpc) is 2.97. The van der Waals surface area contributed by atoms with Crippen LogP contribution in [-0.2, 0) is 4.79 Å². The van der Waals surface area contributed by atoms with Gasteiger partial charge in [-0.3, -0.25) is 4.79 Å². The number of rotatable bonds is 3. The molecule has 1 heterocycles. The Hall–Kier alpha value is -1.92. The van der Waals surface area contributed by atoms with Gasteiger partial charge in [0.15, 0.2) is 14.3 Å². The van der Waals surface area contributed by atoms with E-state index in [1.165, 1.54) is 25.1 Å². The fourth-order valence-corrected chi connectivity index (χ4v) is 5.45. The maximum Gasteiger partial charge on any atom is 0.323 e. The summed E-state index contributed by atoms with van der Waals surface area (Å²) in [4.78, 5) is 13.0. The van der Waals surface area contributed by atoms with Crippen molar-refractivity contribution in [1.82, 2.24) is 0 Å². The van der Waals surface area contributed by atoms with Gasteiger partial charge in [-0.1, -0.05) is 46.9 Å². The molecule has 0 aliphatic heterocycles. The Morgan fingerprint density at radius 3 is 1.92 bits per heavy atom. The van der Waals surface area contributed by atoms with Crippen molar-refractivity contribution in [1.29, 1.82) is 0 Å². The van der Waals surface area contributed by atoms with E-state index in [0.29, 0.717) is 5.75 Å². The Labute approximate surface area is 162 Å². The van der Waals surface area contributed by atoms with Gasteiger partial charge in [0.05, 0.1) is 0 Å². The van der Waals surface area contributed by atoms with E-state index in [2.05, 4.69) is 83.3 Å². The van der Waals surface area contributed by atoms with Crippen molar-refractivity contribution in [3.05, 3.63) is 72.8 Å². The van der Waals surface area contributed by atoms with Gasteiger partial charge in [0.1, 0.15) is 9.67 Å². The number of carbonyl (C=O) groups excluding carboxylic acids is 1. The van der Waals surface area contributed by atoms with E-state index in [0.717, 1.165) is 0 Å². The van der Waals surface area contributed by atoms with Crippen LogP contribution in [0.25, 0.3) is 25.1 Å². The third kappa shape index (κ3) is 3.04. The predicted molar refractivity (Wildman–Crippen MR) is 114 cm³/mol. The van der Waals surface area contributed by atoms with Crippen LogP contribution in [0.1, 0.15) is 6.92 Å². The van der Waals surface area contributed by atoms with E-state index in [1.807, 2.05) is 19.1 Å². The lowest BCUT2D eigenvalue weighted by atomic mass is 10.2. The molecule has 124 valence electrons. The van der Waals surface area contributed by atoms with Crippen LogP contribution >= 0.6 is 33.1 Å². The number of alkyl halides is 1. The highest BCUT2D eigenvalue weighted by Gasteiger charge is 2.23. The standard InChI is InChI=1S/C21H16IO2S/c1-14(22)21(23)24-15-10-12-16(13-11-15)25-19-8-4-2-6-17(19)18-7-3-5-9-20(18)25/h2-14H,1H3/q+1. The molecule has 0 spiro atoms. The largest absolute Gasteiger partial charge is 0.426 e. The molecule has 25 heavy (non-hydrogen) atoms. The first kappa shape index (κ1) is 16.5. The van der Waals surface area contributed by atoms with Gasteiger partial charge < -0.3 is 4.74 Å². The molecular formula is C21H16IO2S+. The Bertz CT molecular complexity index is 1010. The summed E-state index contributed by atoms with van der Waals surface area (Å²) >= 11 is 2.06. The summed E-state index contributed by atoms with van der Waals surface area (Å²) in [5.74, 6) is 0.383. The van der Waals surface area contributed by atoms with E-state index in [-0.39, 0.29) is 20.4 Å². The Balaban J connectivity index is 1.83. The normalized spacial score (nSPS) is 12.4. The highest BCUT2D eigenvalue weighted by Crippen LogP contribution is 2.48. The SMILES string of the molecule is CC(I)C(=O)Oc1ccc(-[s+]2c3ccccc3c3ccccc32)cc1. The van der Waals surface area contributed by atoms with Crippen molar-refractivity contribution in [3.8, 4) is 10.6 Å². The lowest BCUT2D eigenvalue weighted by Gasteiger charge is -2.05. The Morgan fingerprint density at radius 2 is 1.40 bits per heavy atom. The minimum Gasteiger partial charge on any atom is -0.426 e. The lowest BCUT2D eigenvalue weighted by Crippen LogP contribution is -2.16. The lowest BCUT2D eigenvalue weighted by molar-refractivity contribution is -0.133. The third-order valence-corrected chi connectivity index (χ3v) is 6.95. The fourth-order valence-electron chi connectivity index (χ4n) is 2.95. The topological polar surface area (TPSA) is 26.3 Å². The van der Waals surface area contributed by atoms with Crippen LogP contribution in [0.5, 0.6) is 5.75 Å². The molecule has 0 aliphatic rings. The minimum atomic E-state index is -0.215. The first-order valence-corrected chi connectivity index (χ1v) is 10.5. The summed E-state index contributed by atoms with van der Waals surface area (Å²) in [5, 5.41) is 2.63. The van der Waals surface area contributed by atoms with E-state index in [9.17, 15) is 4.79 Å². The number of fused-ring (bicyclic) bond motifs is 3. The van der Waals surface area contributed by atoms with Gasteiger partial charge in [0.2, 0.25) is 0 Å². The molecule has 3 aromatic carbocycles. The molecule has 0 aliphatic carbocycles. The summed E-state index contributed by atoms with van der Waals surface area (Å²) in [7, 11) is -0.112. The van der Waals surface area contributed by atoms with Crippen LogP contribution in [0, 0.1) is 0 Å². The van der Waals surface area contributed by atoms with Crippen LogP contribution in [0.15, 0.2) is 72.8 Å². The van der Waals surface area contributed by atoms with Gasteiger partial charge in [-0.05, 0) is 43.3 Å². The monoisotopic (exact) mass is 459 g/mol. The first-order chi connectivity index (χ1) is 12.1. The molecule has 0 N–H and O–H groups in total. The van der Waals surface area contributed by atoms with Crippen LogP contribution < -0.4 is 4.74 Å². The van der Waals surface area contributed by atoms with Gasteiger partial charge in [-0.25, -0.2) is 0 Å². The summed E-state index contributed by atoms with van der Waals surface area (Å²) in [6.45, 7) is 1.82. The smallest absolute Gasteiger partial charge is 0.323 e. The van der Waals surface area contributed by atoms with Gasteiger partial charge >= 0.3 is 5.97 Å². The van der Waals surface area contributed by atoms with Gasteiger partial charge in [-0.15, -0.1) is 0 Å². The van der Waals surface area contributed by atoms with Crippen LogP contribution in [0.2, 0.25) is 0 Å². The van der Waals surface area contributed by atoms with Crippen LogP contribution in [-0.4, -0.2) is 9.89 Å². The van der Waals surface area contributed by atoms with Crippen molar-refractivity contribution in [3.63, 3.8) is 0 Å². The van der Waals surface area contributed by atoms with E-state index >= 15 is 0 Å². The molecule has 0 radical (unpaired) electrons. The molecular weight excluding hydrogens is 443 g/mol. The van der Waals surface area contributed by atoms with Crippen molar-refractivity contribution in [2.24, 2.45) is 0 Å². The second kappa shape index (κ2) is 6.77. The van der Waals surface area contributed by atoms with E-state index < -0.39 is 0 Å². The summed E-state index contributed by atoms with van der Waals surface area (Å²) in [5.41, 5.74) is 0. The second-order valence-corrected chi connectivity index (χ2v) is 9.64. The average molecular weight is 459 g/mol. The number of thiophene rings is 1. The van der Waals surface area contributed by atoms with E-state index in [4.69, 9.17) is 4.74 Å². The molecule has 1 unspecified atom stereocenters. The second-order valence-electron chi connectivity index (χ2n) is 5.81. The highest BCUT2D eigenvalue weighted by atomic mass is 127. The number of carbonyl (C=O) groups is 1. The molecule has 4 aromatic rings. The zero-order chi connectivity index (χ0) is 17.4. The molecule has 0 bridgehead atoms. The summed E-state index contributed by atoms with van der Waals surface area (Å²) < 4.78 is 7.94.